The van der Waals surface area contributed by atoms with E-state index in [4.69, 9.17) is 16.1 Å². The molecule has 6 nitrogen and oxygen atoms in total. The minimum atomic E-state index is -0.179. The Morgan fingerprint density at radius 3 is 2.78 bits per heavy atom. The van der Waals surface area contributed by atoms with Crippen LogP contribution in [0.4, 0.5) is 0 Å². The second-order valence-electron chi connectivity index (χ2n) is 7.08. The molecule has 1 unspecified atom stereocenters. The summed E-state index contributed by atoms with van der Waals surface area (Å²) in [5.41, 5.74) is 1.92. The van der Waals surface area contributed by atoms with E-state index in [1.54, 1.807) is 16.8 Å². The van der Waals surface area contributed by atoms with Gasteiger partial charge in [-0.25, -0.2) is 0 Å². The maximum atomic E-state index is 12.8. The molecule has 0 aliphatic carbocycles. The van der Waals surface area contributed by atoms with Crippen LogP contribution in [0, 0.1) is 12.8 Å². The highest BCUT2D eigenvalue weighted by Gasteiger charge is 2.31. The van der Waals surface area contributed by atoms with Crippen molar-refractivity contribution in [3.8, 4) is 0 Å². The zero-order valence-corrected chi connectivity index (χ0v) is 16.4. The third kappa shape index (κ3) is 5.10. The average Bonchev–Trinajstić information content (AvgIpc) is 3.06. The van der Waals surface area contributed by atoms with Gasteiger partial charge in [0.25, 0.3) is 0 Å². The average molecular weight is 390 g/mol. The van der Waals surface area contributed by atoms with Gasteiger partial charge < -0.3 is 14.3 Å². The number of amides is 2. The number of hydrogen-bond acceptors (Lipinski definition) is 4. The van der Waals surface area contributed by atoms with Crippen LogP contribution in [0.3, 0.4) is 0 Å². The molecule has 1 aliphatic rings. The number of piperidine rings is 1. The molecule has 0 bridgehead atoms. The van der Waals surface area contributed by atoms with Gasteiger partial charge in [0.05, 0.1) is 18.2 Å². The van der Waals surface area contributed by atoms with Gasteiger partial charge in [-0.3, -0.25) is 9.59 Å². The van der Waals surface area contributed by atoms with Gasteiger partial charge in [-0.1, -0.05) is 28.9 Å². The highest BCUT2D eigenvalue weighted by Crippen LogP contribution is 2.21. The summed E-state index contributed by atoms with van der Waals surface area (Å²) in [5, 5.41) is 4.55. The van der Waals surface area contributed by atoms with Crippen molar-refractivity contribution in [3.63, 3.8) is 0 Å². The zero-order valence-electron chi connectivity index (χ0n) is 15.7. The van der Waals surface area contributed by atoms with Crippen LogP contribution in [0.15, 0.2) is 34.9 Å². The van der Waals surface area contributed by atoms with Crippen LogP contribution in [0.2, 0.25) is 5.02 Å². The number of benzene rings is 1. The van der Waals surface area contributed by atoms with Gasteiger partial charge in [0.15, 0.2) is 5.76 Å². The van der Waals surface area contributed by atoms with Crippen LogP contribution in [-0.4, -0.2) is 46.9 Å². The molecule has 0 saturated carbocycles. The molecule has 144 valence electrons. The number of aromatic nitrogens is 1. The molecule has 7 heteroatoms. The number of carbonyl (C=O) groups excluding carboxylic acids is 2. The van der Waals surface area contributed by atoms with E-state index in [9.17, 15) is 9.59 Å². The molecule has 1 fully saturated rings. The molecule has 1 atom stereocenters. The normalized spacial score (nSPS) is 17.2. The van der Waals surface area contributed by atoms with Gasteiger partial charge in [0.1, 0.15) is 0 Å². The van der Waals surface area contributed by atoms with Gasteiger partial charge in [-0.2, -0.15) is 0 Å². The van der Waals surface area contributed by atoms with E-state index in [-0.39, 0.29) is 17.7 Å². The van der Waals surface area contributed by atoms with Gasteiger partial charge >= 0.3 is 0 Å². The maximum Gasteiger partial charge on any atom is 0.227 e. The number of hydrogen-bond donors (Lipinski definition) is 0. The lowest BCUT2D eigenvalue weighted by atomic mass is 9.95. The number of likely N-dealkylation sites (tertiary alicyclic amines) is 1. The van der Waals surface area contributed by atoms with E-state index in [0.29, 0.717) is 43.3 Å². The van der Waals surface area contributed by atoms with E-state index < -0.39 is 0 Å². The molecule has 2 heterocycles. The number of rotatable bonds is 6. The highest BCUT2D eigenvalue weighted by molar-refractivity contribution is 6.30. The van der Waals surface area contributed by atoms with E-state index in [1.165, 1.54) is 0 Å². The van der Waals surface area contributed by atoms with Crippen molar-refractivity contribution in [2.45, 2.75) is 32.7 Å². The zero-order chi connectivity index (χ0) is 19.4. The fourth-order valence-corrected chi connectivity index (χ4v) is 3.49. The molecule has 1 aliphatic heterocycles. The first-order chi connectivity index (χ1) is 12.9. The molecule has 2 amide bonds. The first-order valence-electron chi connectivity index (χ1n) is 9.12. The molecule has 0 radical (unpaired) electrons. The monoisotopic (exact) mass is 389 g/mol. The summed E-state index contributed by atoms with van der Waals surface area (Å²) < 4.78 is 5.19. The van der Waals surface area contributed by atoms with Crippen molar-refractivity contribution in [1.29, 1.82) is 0 Å². The lowest BCUT2D eigenvalue weighted by Crippen LogP contribution is -2.46. The highest BCUT2D eigenvalue weighted by atomic mass is 35.5. The predicted octanol–water partition coefficient (Wildman–Crippen LogP) is 3.08. The molecule has 0 spiro atoms. The standard InChI is InChI=1S/C20H24ClN3O3/c1-14-11-18(27-22-14)13-23(2)20(26)16-5-8-19(25)24(12-16)10-9-15-3-6-17(21)7-4-15/h3-4,6-7,11,16H,5,8-10,12-13H2,1-2H3. The van der Waals surface area contributed by atoms with E-state index >= 15 is 0 Å². The van der Waals surface area contributed by atoms with Crippen LogP contribution in [0.1, 0.15) is 29.9 Å². The van der Waals surface area contributed by atoms with Crippen molar-refractivity contribution in [3.05, 3.63) is 52.4 Å². The van der Waals surface area contributed by atoms with Crippen molar-refractivity contribution in [2.24, 2.45) is 5.92 Å². The number of halogens is 1. The number of nitrogens with zero attached hydrogens (tertiary/aromatic N) is 3. The topological polar surface area (TPSA) is 66.7 Å². The first kappa shape index (κ1) is 19.4. The summed E-state index contributed by atoms with van der Waals surface area (Å²) in [4.78, 5) is 28.5. The lowest BCUT2D eigenvalue weighted by Gasteiger charge is -2.33. The summed E-state index contributed by atoms with van der Waals surface area (Å²) >= 11 is 5.91. The third-order valence-corrected chi connectivity index (χ3v) is 5.13. The molecular formula is C20H24ClN3O3. The summed E-state index contributed by atoms with van der Waals surface area (Å²) in [7, 11) is 1.76. The SMILES string of the molecule is Cc1cc(CN(C)C(=O)C2CCC(=O)N(CCc3ccc(Cl)cc3)C2)on1. The Hall–Kier alpha value is -2.34. The van der Waals surface area contributed by atoms with Gasteiger partial charge in [-0.05, 0) is 37.5 Å². The Balaban J connectivity index is 1.55. The molecule has 1 aromatic heterocycles. The summed E-state index contributed by atoms with van der Waals surface area (Å²) in [6.45, 7) is 3.30. The molecule has 0 N–H and O–H groups in total. The molecule has 1 saturated heterocycles. The first-order valence-corrected chi connectivity index (χ1v) is 9.49. The summed E-state index contributed by atoms with van der Waals surface area (Å²) in [6.07, 6.45) is 1.75. The fourth-order valence-electron chi connectivity index (χ4n) is 3.36. The molecule has 3 rings (SSSR count). The quantitative estimate of drug-likeness (QED) is 0.761. The summed E-state index contributed by atoms with van der Waals surface area (Å²) in [6, 6.07) is 9.45. The third-order valence-electron chi connectivity index (χ3n) is 4.88. The molecular weight excluding hydrogens is 366 g/mol. The predicted molar refractivity (Wildman–Crippen MR) is 102 cm³/mol. The lowest BCUT2D eigenvalue weighted by molar-refractivity contribution is -0.142. The van der Waals surface area contributed by atoms with E-state index in [2.05, 4.69) is 5.16 Å². The molecule has 2 aromatic rings. The van der Waals surface area contributed by atoms with Crippen molar-refractivity contribution in [2.75, 3.05) is 20.1 Å². The van der Waals surface area contributed by atoms with E-state index in [1.807, 2.05) is 37.3 Å². The minimum Gasteiger partial charge on any atom is -0.359 e. The maximum absolute atomic E-state index is 12.8. The van der Waals surface area contributed by atoms with E-state index in [0.717, 1.165) is 17.7 Å². The summed E-state index contributed by atoms with van der Waals surface area (Å²) in [5.74, 6) is 0.631. The number of carbonyl (C=O) groups is 2. The Labute approximate surface area is 164 Å². The van der Waals surface area contributed by atoms with Crippen LogP contribution >= 0.6 is 11.6 Å². The fraction of sp³-hybridized carbons (Fsp3) is 0.450. The Morgan fingerprint density at radius 2 is 2.11 bits per heavy atom. The van der Waals surface area contributed by atoms with Crippen molar-refractivity contribution < 1.29 is 14.1 Å². The van der Waals surface area contributed by atoms with Crippen molar-refractivity contribution in [1.82, 2.24) is 15.0 Å². The second-order valence-corrected chi connectivity index (χ2v) is 7.52. The van der Waals surface area contributed by atoms with Gasteiger partial charge in [0, 0.05) is 37.6 Å². The van der Waals surface area contributed by atoms with Crippen LogP contribution in [0.5, 0.6) is 0 Å². The Morgan fingerprint density at radius 1 is 1.37 bits per heavy atom. The largest absolute Gasteiger partial charge is 0.359 e. The molecule has 27 heavy (non-hydrogen) atoms. The van der Waals surface area contributed by atoms with Crippen LogP contribution in [-0.2, 0) is 22.6 Å². The minimum absolute atomic E-state index is 0.0352. The number of aryl methyl sites for hydroxylation is 1. The van der Waals surface area contributed by atoms with Crippen LogP contribution in [0.25, 0.3) is 0 Å². The smallest absolute Gasteiger partial charge is 0.227 e. The van der Waals surface area contributed by atoms with Gasteiger partial charge in [-0.15, -0.1) is 0 Å². The Kier molecular flexibility index (Phi) is 6.16. The van der Waals surface area contributed by atoms with Crippen LogP contribution < -0.4 is 0 Å². The Bertz CT molecular complexity index is 803. The van der Waals surface area contributed by atoms with Gasteiger partial charge in [0.2, 0.25) is 11.8 Å². The second kappa shape index (κ2) is 8.57. The van der Waals surface area contributed by atoms with Crippen molar-refractivity contribution >= 4 is 23.4 Å². The molecule has 1 aromatic carbocycles.